The van der Waals surface area contributed by atoms with E-state index in [0.717, 1.165) is 20.9 Å². The molecule has 0 aliphatic rings. The van der Waals surface area contributed by atoms with Gasteiger partial charge in [0.25, 0.3) is 0 Å². The second-order valence-electron chi connectivity index (χ2n) is 4.70. The highest BCUT2D eigenvalue weighted by Gasteiger charge is 2.06. The zero-order valence-corrected chi connectivity index (χ0v) is 15.2. The summed E-state index contributed by atoms with van der Waals surface area (Å²) in [6.45, 7) is 0. The van der Waals surface area contributed by atoms with Crippen molar-refractivity contribution < 1.29 is 0 Å². The number of aromatic nitrogens is 3. The Morgan fingerprint density at radius 2 is 2.04 bits per heavy atom. The van der Waals surface area contributed by atoms with Gasteiger partial charge in [0.05, 0.1) is 6.21 Å². The number of H-pyrrole nitrogens is 1. The SMILES string of the molecule is S=c1[nH]nc(SCc2ccccc2)n1/N=C\c1cccc(Br)c1. The van der Waals surface area contributed by atoms with E-state index in [1.165, 1.54) is 5.56 Å². The number of nitrogens with zero attached hydrogens (tertiary/aromatic N) is 3. The summed E-state index contributed by atoms with van der Waals surface area (Å²) in [4.78, 5) is 0. The van der Waals surface area contributed by atoms with Crippen LogP contribution in [-0.4, -0.2) is 21.1 Å². The van der Waals surface area contributed by atoms with Gasteiger partial charge in [-0.1, -0.05) is 70.2 Å². The normalized spacial score (nSPS) is 11.2. The summed E-state index contributed by atoms with van der Waals surface area (Å²) in [5.41, 5.74) is 2.22. The number of rotatable bonds is 5. The summed E-state index contributed by atoms with van der Waals surface area (Å²) in [5, 5.41) is 12.2. The van der Waals surface area contributed by atoms with Gasteiger partial charge in [0.1, 0.15) is 0 Å². The van der Waals surface area contributed by atoms with Crippen molar-refractivity contribution in [3.63, 3.8) is 0 Å². The lowest BCUT2D eigenvalue weighted by Crippen LogP contribution is -1.94. The largest absolute Gasteiger partial charge is 0.249 e. The summed E-state index contributed by atoms with van der Waals surface area (Å²) in [6.07, 6.45) is 1.77. The van der Waals surface area contributed by atoms with Crippen LogP contribution in [0.15, 0.2) is 69.3 Å². The Morgan fingerprint density at radius 3 is 2.83 bits per heavy atom. The van der Waals surface area contributed by atoms with Crippen molar-refractivity contribution >= 4 is 46.1 Å². The summed E-state index contributed by atoms with van der Waals surface area (Å²) in [7, 11) is 0. The molecule has 0 aliphatic carbocycles. The van der Waals surface area contributed by atoms with E-state index in [9.17, 15) is 0 Å². The molecule has 1 heterocycles. The van der Waals surface area contributed by atoms with E-state index in [-0.39, 0.29) is 0 Å². The molecule has 0 unspecified atom stereocenters. The lowest BCUT2D eigenvalue weighted by Gasteiger charge is -2.01. The number of thioether (sulfide) groups is 1. The van der Waals surface area contributed by atoms with Crippen LogP contribution in [0.5, 0.6) is 0 Å². The maximum absolute atomic E-state index is 5.25. The molecule has 0 amide bonds. The van der Waals surface area contributed by atoms with Gasteiger partial charge >= 0.3 is 0 Å². The lowest BCUT2D eigenvalue weighted by atomic mass is 10.2. The molecule has 4 nitrogen and oxygen atoms in total. The van der Waals surface area contributed by atoms with Crippen LogP contribution in [0.3, 0.4) is 0 Å². The highest BCUT2D eigenvalue weighted by Crippen LogP contribution is 2.21. The third-order valence-electron chi connectivity index (χ3n) is 3.00. The molecule has 0 atom stereocenters. The standard InChI is InChI=1S/C16H13BrN4S2/c17-14-8-4-7-13(9-14)10-18-21-15(22)19-20-16(21)23-11-12-5-2-1-3-6-12/h1-10H,11H2,(H,19,22)/b18-10-. The topological polar surface area (TPSA) is 46.0 Å². The molecule has 116 valence electrons. The van der Waals surface area contributed by atoms with Crippen LogP contribution >= 0.6 is 39.9 Å². The molecule has 3 rings (SSSR count). The lowest BCUT2D eigenvalue weighted by molar-refractivity contribution is 0.759. The molecule has 0 spiro atoms. The molecular weight excluding hydrogens is 392 g/mol. The molecule has 1 N–H and O–H groups in total. The maximum atomic E-state index is 5.25. The van der Waals surface area contributed by atoms with Gasteiger partial charge in [0.2, 0.25) is 9.93 Å². The van der Waals surface area contributed by atoms with Crippen LogP contribution in [0.25, 0.3) is 0 Å². The molecule has 0 radical (unpaired) electrons. The zero-order valence-electron chi connectivity index (χ0n) is 12.0. The van der Waals surface area contributed by atoms with Crippen molar-refractivity contribution in [1.29, 1.82) is 0 Å². The minimum absolute atomic E-state index is 0.479. The third-order valence-corrected chi connectivity index (χ3v) is 4.76. The van der Waals surface area contributed by atoms with Gasteiger partial charge in [-0.15, -0.1) is 5.10 Å². The third kappa shape index (κ3) is 4.40. The smallest absolute Gasteiger partial charge is 0.217 e. The summed E-state index contributed by atoms with van der Waals surface area (Å²) >= 11 is 10.3. The Balaban J connectivity index is 1.77. The summed E-state index contributed by atoms with van der Waals surface area (Å²) < 4.78 is 3.13. The minimum Gasteiger partial charge on any atom is -0.249 e. The average molecular weight is 405 g/mol. The molecule has 0 saturated carbocycles. The Bertz CT molecular complexity index is 871. The van der Waals surface area contributed by atoms with Crippen LogP contribution < -0.4 is 0 Å². The van der Waals surface area contributed by atoms with Gasteiger partial charge in [0, 0.05) is 10.2 Å². The molecule has 0 fully saturated rings. The highest BCUT2D eigenvalue weighted by molar-refractivity contribution is 9.10. The predicted molar refractivity (Wildman–Crippen MR) is 101 cm³/mol. The first-order valence-electron chi connectivity index (χ1n) is 6.86. The van der Waals surface area contributed by atoms with Crippen molar-refractivity contribution in [2.24, 2.45) is 5.10 Å². The van der Waals surface area contributed by atoms with E-state index >= 15 is 0 Å². The van der Waals surface area contributed by atoms with Crippen LogP contribution in [0.1, 0.15) is 11.1 Å². The monoisotopic (exact) mass is 404 g/mol. The van der Waals surface area contributed by atoms with E-state index in [1.807, 2.05) is 42.5 Å². The summed E-state index contributed by atoms with van der Waals surface area (Å²) in [6, 6.07) is 18.1. The van der Waals surface area contributed by atoms with E-state index in [2.05, 4.69) is 43.4 Å². The fourth-order valence-corrected chi connectivity index (χ4v) is 3.42. The van der Waals surface area contributed by atoms with Crippen molar-refractivity contribution in [1.82, 2.24) is 14.9 Å². The van der Waals surface area contributed by atoms with Crippen molar-refractivity contribution in [3.05, 3.63) is 75.0 Å². The number of halogens is 1. The van der Waals surface area contributed by atoms with Gasteiger partial charge in [-0.2, -0.15) is 9.78 Å². The van der Waals surface area contributed by atoms with Crippen molar-refractivity contribution in [2.75, 3.05) is 0 Å². The fraction of sp³-hybridized carbons (Fsp3) is 0.0625. The van der Waals surface area contributed by atoms with Gasteiger partial charge in [-0.3, -0.25) is 0 Å². The first-order chi connectivity index (χ1) is 11.2. The van der Waals surface area contributed by atoms with E-state index in [0.29, 0.717) is 4.77 Å². The molecule has 3 aromatic rings. The van der Waals surface area contributed by atoms with Crippen LogP contribution in [-0.2, 0) is 5.75 Å². The van der Waals surface area contributed by atoms with Gasteiger partial charge in [-0.25, -0.2) is 5.10 Å². The number of aromatic amines is 1. The number of hydrogen-bond acceptors (Lipinski definition) is 4. The molecule has 0 saturated heterocycles. The highest BCUT2D eigenvalue weighted by atomic mass is 79.9. The Kier molecular flexibility index (Phi) is 5.43. The molecule has 23 heavy (non-hydrogen) atoms. The second-order valence-corrected chi connectivity index (χ2v) is 6.94. The van der Waals surface area contributed by atoms with E-state index in [1.54, 1.807) is 22.7 Å². The Morgan fingerprint density at radius 1 is 1.22 bits per heavy atom. The molecule has 0 bridgehead atoms. The molecule has 7 heteroatoms. The number of hydrogen-bond donors (Lipinski definition) is 1. The quantitative estimate of drug-likeness (QED) is 0.374. The average Bonchev–Trinajstić information content (AvgIpc) is 2.92. The predicted octanol–water partition coefficient (Wildman–Crippen LogP) is 4.88. The molecular formula is C16H13BrN4S2. The Hall–Kier alpha value is -1.70. The van der Waals surface area contributed by atoms with E-state index < -0.39 is 0 Å². The van der Waals surface area contributed by atoms with Gasteiger partial charge < -0.3 is 0 Å². The molecule has 0 aliphatic heterocycles. The fourth-order valence-electron chi connectivity index (χ4n) is 1.91. The van der Waals surface area contributed by atoms with Crippen LogP contribution in [0, 0.1) is 4.77 Å². The first-order valence-corrected chi connectivity index (χ1v) is 9.05. The number of nitrogens with one attached hydrogen (secondary N) is 1. The molecule has 2 aromatic carbocycles. The zero-order chi connectivity index (χ0) is 16.1. The Labute approximate surface area is 151 Å². The minimum atomic E-state index is 0.479. The van der Waals surface area contributed by atoms with Gasteiger partial charge in [0.15, 0.2) is 0 Å². The van der Waals surface area contributed by atoms with Crippen LogP contribution in [0.4, 0.5) is 0 Å². The maximum Gasteiger partial charge on any atom is 0.217 e. The van der Waals surface area contributed by atoms with Gasteiger partial charge in [-0.05, 0) is 35.5 Å². The van der Waals surface area contributed by atoms with Crippen molar-refractivity contribution in [3.8, 4) is 0 Å². The van der Waals surface area contributed by atoms with Crippen LogP contribution in [0.2, 0.25) is 0 Å². The second kappa shape index (κ2) is 7.72. The van der Waals surface area contributed by atoms with Crippen molar-refractivity contribution in [2.45, 2.75) is 10.9 Å². The molecule has 1 aromatic heterocycles. The summed E-state index contributed by atoms with van der Waals surface area (Å²) in [5.74, 6) is 0.812. The number of benzene rings is 2. The first kappa shape index (κ1) is 16.2. The van der Waals surface area contributed by atoms with E-state index in [4.69, 9.17) is 12.2 Å².